The number of rotatable bonds is 7. The maximum Gasteiger partial charge on any atom is 0.416 e. The zero-order valence-electron chi connectivity index (χ0n) is 21.3. The average Bonchev–Trinajstić information content (AvgIpc) is 3.38. The van der Waals surface area contributed by atoms with Crippen molar-refractivity contribution in [1.29, 1.82) is 0 Å². The van der Waals surface area contributed by atoms with E-state index in [0.717, 1.165) is 42.0 Å². The maximum atomic E-state index is 13.6. The van der Waals surface area contributed by atoms with E-state index in [2.05, 4.69) is 20.0 Å². The fourth-order valence-electron chi connectivity index (χ4n) is 4.57. The van der Waals surface area contributed by atoms with Gasteiger partial charge in [-0.25, -0.2) is 18.1 Å². The van der Waals surface area contributed by atoms with E-state index in [0.29, 0.717) is 17.7 Å². The van der Waals surface area contributed by atoms with Gasteiger partial charge in [-0.15, -0.1) is 16.4 Å². The van der Waals surface area contributed by atoms with Crippen LogP contribution in [0, 0.1) is 0 Å². The Bertz CT molecular complexity index is 1670. The monoisotopic (exact) mass is 591 g/mol. The second-order valence-electron chi connectivity index (χ2n) is 10.4. The number of nitrogens with one attached hydrogen (secondary N) is 1. The van der Waals surface area contributed by atoms with Gasteiger partial charge in [-0.05, 0) is 51.0 Å². The van der Waals surface area contributed by atoms with Crippen LogP contribution in [0.3, 0.4) is 0 Å². The lowest BCUT2D eigenvalue weighted by Crippen LogP contribution is -2.36. The number of alkyl halides is 3. The number of fused-ring (bicyclic) bond motifs is 1. The molecule has 1 aliphatic heterocycles. The molecule has 1 N–H and O–H groups in total. The molecule has 40 heavy (non-hydrogen) atoms. The molecule has 3 heterocycles. The van der Waals surface area contributed by atoms with E-state index in [1.165, 1.54) is 29.1 Å². The van der Waals surface area contributed by atoms with Crippen LogP contribution in [0.25, 0.3) is 5.69 Å². The molecule has 1 aliphatic carbocycles. The molecule has 0 radical (unpaired) electrons. The Balaban J connectivity index is 1.36. The molecule has 4 aromatic rings. The Labute approximate surface area is 232 Å². The number of nitrogens with zero attached hydrogens (tertiary/aromatic N) is 4. The number of ether oxygens (including phenoxy) is 2. The van der Waals surface area contributed by atoms with Gasteiger partial charge in [0, 0.05) is 35.5 Å². The van der Waals surface area contributed by atoms with Crippen LogP contribution < -0.4 is 14.2 Å². The lowest BCUT2D eigenvalue weighted by atomic mass is 9.91. The predicted molar refractivity (Wildman–Crippen MR) is 140 cm³/mol. The molecule has 2 aliphatic rings. The van der Waals surface area contributed by atoms with Gasteiger partial charge in [0.2, 0.25) is 0 Å². The lowest BCUT2D eigenvalue weighted by Gasteiger charge is -2.38. The van der Waals surface area contributed by atoms with Crippen molar-refractivity contribution in [1.82, 2.24) is 20.0 Å². The molecule has 0 unspecified atom stereocenters. The van der Waals surface area contributed by atoms with Gasteiger partial charge in [0.1, 0.15) is 28.9 Å². The van der Waals surface area contributed by atoms with Gasteiger partial charge in [0.15, 0.2) is 5.13 Å². The van der Waals surface area contributed by atoms with E-state index in [-0.39, 0.29) is 27.4 Å². The number of halogens is 3. The number of anilines is 1. The Morgan fingerprint density at radius 3 is 2.67 bits per heavy atom. The SMILES string of the molecule is CC1(C)C[C@@H](Oc2ccc(C(F)(F)F)cc2-n2cc(C3CC3)nn2)c2ccc(S(=O)(=O)Nc3nccs3)cc2O1. The molecule has 1 saturated carbocycles. The summed E-state index contributed by atoms with van der Waals surface area (Å²) in [6, 6.07) is 7.66. The van der Waals surface area contributed by atoms with Gasteiger partial charge in [-0.1, -0.05) is 11.3 Å². The van der Waals surface area contributed by atoms with Crippen molar-refractivity contribution in [3.05, 3.63) is 71.0 Å². The largest absolute Gasteiger partial charge is 0.487 e. The number of benzene rings is 2. The van der Waals surface area contributed by atoms with Gasteiger partial charge in [0.05, 0.1) is 22.3 Å². The van der Waals surface area contributed by atoms with Gasteiger partial charge >= 0.3 is 6.18 Å². The maximum absolute atomic E-state index is 13.6. The van der Waals surface area contributed by atoms with Crippen LogP contribution >= 0.6 is 11.3 Å². The molecule has 0 bridgehead atoms. The Morgan fingerprint density at radius 1 is 1.18 bits per heavy atom. The molecule has 0 spiro atoms. The van der Waals surface area contributed by atoms with Crippen LogP contribution in [0.5, 0.6) is 11.5 Å². The summed E-state index contributed by atoms with van der Waals surface area (Å²) in [6.45, 7) is 3.66. The van der Waals surface area contributed by atoms with E-state index in [1.54, 1.807) is 17.6 Å². The third-order valence-corrected chi connectivity index (χ3v) is 8.82. The van der Waals surface area contributed by atoms with E-state index < -0.39 is 33.5 Å². The molecule has 6 rings (SSSR count). The van der Waals surface area contributed by atoms with Crippen molar-refractivity contribution < 1.29 is 31.1 Å². The quantitative estimate of drug-likeness (QED) is 0.277. The van der Waals surface area contributed by atoms with Crippen molar-refractivity contribution in [2.75, 3.05) is 4.72 Å². The molecule has 9 nitrogen and oxygen atoms in total. The molecule has 0 amide bonds. The lowest BCUT2D eigenvalue weighted by molar-refractivity contribution is -0.137. The minimum Gasteiger partial charge on any atom is -0.487 e. The van der Waals surface area contributed by atoms with Crippen molar-refractivity contribution in [2.24, 2.45) is 0 Å². The number of hydrogen-bond donors (Lipinski definition) is 1. The molecule has 1 fully saturated rings. The van der Waals surface area contributed by atoms with E-state index in [4.69, 9.17) is 9.47 Å². The van der Waals surface area contributed by atoms with E-state index in [9.17, 15) is 21.6 Å². The van der Waals surface area contributed by atoms with Gasteiger partial charge in [0.25, 0.3) is 10.0 Å². The van der Waals surface area contributed by atoms with Crippen molar-refractivity contribution in [3.8, 4) is 17.2 Å². The molecule has 2 aromatic carbocycles. The zero-order valence-corrected chi connectivity index (χ0v) is 23.0. The van der Waals surface area contributed by atoms with Gasteiger partial charge < -0.3 is 9.47 Å². The molecule has 14 heteroatoms. The first-order chi connectivity index (χ1) is 18.9. The average molecular weight is 592 g/mol. The second-order valence-corrected chi connectivity index (χ2v) is 12.9. The number of hydrogen-bond acceptors (Lipinski definition) is 8. The molecule has 2 aromatic heterocycles. The fourth-order valence-corrected chi connectivity index (χ4v) is 6.37. The van der Waals surface area contributed by atoms with E-state index >= 15 is 0 Å². The summed E-state index contributed by atoms with van der Waals surface area (Å²) in [4.78, 5) is 3.94. The molecule has 0 saturated heterocycles. The third kappa shape index (κ3) is 5.37. The zero-order chi connectivity index (χ0) is 28.3. The van der Waals surface area contributed by atoms with Crippen LogP contribution in [0.15, 0.2) is 59.1 Å². The summed E-state index contributed by atoms with van der Waals surface area (Å²) in [6.07, 6.45) is 0.206. The highest BCUT2D eigenvalue weighted by molar-refractivity contribution is 7.93. The summed E-state index contributed by atoms with van der Waals surface area (Å²) in [5, 5.41) is 10.1. The van der Waals surface area contributed by atoms with Crippen molar-refractivity contribution in [3.63, 3.8) is 0 Å². The van der Waals surface area contributed by atoms with Crippen LogP contribution in [0.1, 0.15) is 62.0 Å². The standard InChI is InChI=1S/C26H24F3N5O4S2/c1-25(2)13-23(18-7-6-17(12-22(18)38-25)40(35,36)32-24-30-9-10-39-24)37-21-8-5-16(26(27,28)29)11-20(21)34-14-19(31-33-34)15-3-4-15/h5-12,14-15,23H,3-4,13H2,1-2H3,(H,30,32)/t23-/m1/s1. The minimum atomic E-state index is -4.56. The first-order valence-electron chi connectivity index (χ1n) is 12.4. The third-order valence-electron chi connectivity index (χ3n) is 6.67. The Kier molecular flexibility index (Phi) is 6.29. The van der Waals surface area contributed by atoms with Crippen LogP contribution in [-0.2, 0) is 16.2 Å². The van der Waals surface area contributed by atoms with Crippen LogP contribution in [-0.4, -0.2) is 34.0 Å². The first-order valence-corrected chi connectivity index (χ1v) is 14.8. The highest BCUT2D eigenvalue weighted by Gasteiger charge is 2.38. The smallest absolute Gasteiger partial charge is 0.416 e. The molecular weight excluding hydrogens is 567 g/mol. The summed E-state index contributed by atoms with van der Waals surface area (Å²) in [7, 11) is -3.94. The van der Waals surface area contributed by atoms with Gasteiger partial charge in [-0.3, -0.25) is 4.72 Å². The number of sulfonamides is 1. The number of aromatic nitrogens is 4. The van der Waals surface area contributed by atoms with Gasteiger partial charge in [-0.2, -0.15) is 13.2 Å². The summed E-state index contributed by atoms with van der Waals surface area (Å²) in [5.41, 5.74) is -0.210. The first kappa shape index (κ1) is 26.6. The Hall–Kier alpha value is -3.65. The normalized spacial score (nSPS) is 18.6. The molecule has 210 valence electrons. The topological polar surface area (TPSA) is 108 Å². The highest BCUT2D eigenvalue weighted by atomic mass is 32.2. The second kappa shape index (κ2) is 9.47. The van der Waals surface area contributed by atoms with Crippen LogP contribution in [0.4, 0.5) is 18.3 Å². The number of thiazole rings is 1. The highest BCUT2D eigenvalue weighted by Crippen LogP contribution is 2.45. The van der Waals surface area contributed by atoms with Crippen LogP contribution in [0.2, 0.25) is 0 Å². The molecular formula is C26H24F3N5O4S2. The summed E-state index contributed by atoms with van der Waals surface area (Å²) >= 11 is 1.15. The van der Waals surface area contributed by atoms with Crippen molar-refractivity contribution >= 4 is 26.5 Å². The summed E-state index contributed by atoms with van der Waals surface area (Å²) in [5.74, 6) is 0.743. The van der Waals surface area contributed by atoms with Crippen molar-refractivity contribution in [2.45, 2.75) is 61.8 Å². The predicted octanol–water partition coefficient (Wildman–Crippen LogP) is 6.10. The Morgan fingerprint density at radius 2 is 1.98 bits per heavy atom. The fraction of sp³-hybridized carbons (Fsp3) is 0.346. The van der Waals surface area contributed by atoms with E-state index in [1.807, 2.05) is 13.8 Å². The minimum absolute atomic E-state index is 0.0247. The summed E-state index contributed by atoms with van der Waals surface area (Å²) < 4.78 is 82.9. The molecule has 1 atom stereocenters.